The van der Waals surface area contributed by atoms with E-state index >= 15 is 0 Å². The van der Waals surface area contributed by atoms with Crippen molar-refractivity contribution >= 4 is 39.1 Å². The number of piperazine rings is 1. The van der Waals surface area contributed by atoms with E-state index < -0.39 is 5.82 Å². The van der Waals surface area contributed by atoms with Gasteiger partial charge in [0.15, 0.2) is 5.82 Å². The van der Waals surface area contributed by atoms with Crippen LogP contribution in [0, 0.1) is 11.7 Å². The van der Waals surface area contributed by atoms with Crippen molar-refractivity contribution in [3.8, 4) is 6.01 Å². The summed E-state index contributed by atoms with van der Waals surface area (Å²) in [6, 6.07) is 7.59. The van der Waals surface area contributed by atoms with Gasteiger partial charge in [-0.1, -0.05) is 0 Å². The van der Waals surface area contributed by atoms with Gasteiger partial charge in [0, 0.05) is 85.8 Å². The maximum absolute atomic E-state index is 14.7. The Morgan fingerprint density at radius 2 is 1.90 bits per heavy atom. The van der Waals surface area contributed by atoms with E-state index in [1.807, 2.05) is 6.07 Å². The van der Waals surface area contributed by atoms with Crippen LogP contribution in [0.3, 0.4) is 0 Å². The molecule has 10 nitrogen and oxygen atoms in total. The first kappa shape index (κ1) is 25.4. The number of carbonyl (C=O) groups is 1. The van der Waals surface area contributed by atoms with Crippen LogP contribution in [-0.2, 0) is 7.05 Å². The highest BCUT2D eigenvalue weighted by Gasteiger charge is 2.26. The van der Waals surface area contributed by atoms with Gasteiger partial charge in [0.2, 0.25) is 0 Å². The summed E-state index contributed by atoms with van der Waals surface area (Å²) in [5.41, 5.74) is 2.45. The average molecular weight is 533 g/mol. The lowest BCUT2D eigenvalue weighted by Crippen LogP contribution is -2.54. The topological polar surface area (TPSA) is 100 Å². The second-order valence-electron chi connectivity index (χ2n) is 11.0. The number of hydrogen-bond donors (Lipinski definition) is 2. The van der Waals surface area contributed by atoms with Gasteiger partial charge in [0.05, 0.1) is 17.7 Å². The van der Waals surface area contributed by atoms with Gasteiger partial charge in [0.25, 0.3) is 5.91 Å². The molecule has 0 saturated carbocycles. The van der Waals surface area contributed by atoms with E-state index in [4.69, 9.17) is 9.72 Å². The molecular weight excluding hydrogens is 499 g/mol. The number of nitrogens with one attached hydrogen (secondary N) is 2. The number of benzene rings is 2. The number of aryl methyl sites for hydroxylation is 1. The maximum Gasteiger partial charge on any atom is 0.316 e. The molecule has 2 saturated heterocycles. The van der Waals surface area contributed by atoms with E-state index in [-0.39, 0.29) is 17.4 Å². The Labute approximate surface area is 226 Å². The van der Waals surface area contributed by atoms with E-state index in [1.54, 1.807) is 36.3 Å². The first-order chi connectivity index (χ1) is 18.7. The van der Waals surface area contributed by atoms with Crippen molar-refractivity contribution in [3.63, 3.8) is 0 Å². The fourth-order valence-electron chi connectivity index (χ4n) is 5.75. The molecule has 2 aromatic heterocycles. The minimum Gasteiger partial charge on any atom is -0.463 e. The molecule has 6 rings (SSSR count). The molecule has 2 aromatic carbocycles. The molecule has 0 spiro atoms. The molecule has 2 N–H and O–H groups in total. The number of rotatable bonds is 6. The molecule has 2 aliphatic rings. The average Bonchev–Trinajstić information content (AvgIpc) is 3.25. The standard InChI is InChI=1S/C28H33FN8O2/c1-16-10-37(11-17(2)31-16)24-6-5-21(26-22(24)9-30-28(33-26)39-15-18-12-35(3)13-18)27(38)32-20-7-19-14-36(4)34-25(19)23(29)8-20/h5-9,14,16-18,31H,10-13,15H2,1-4H3,(H,32,38)/t16-,17-/m0/s1. The van der Waals surface area contributed by atoms with Crippen molar-refractivity contribution in [1.29, 1.82) is 0 Å². The van der Waals surface area contributed by atoms with Crippen LogP contribution in [0.1, 0.15) is 24.2 Å². The van der Waals surface area contributed by atoms with Gasteiger partial charge in [0.1, 0.15) is 5.52 Å². The second kappa shape index (κ2) is 10.0. The Balaban J connectivity index is 1.35. The van der Waals surface area contributed by atoms with Gasteiger partial charge in [-0.25, -0.2) is 9.37 Å². The van der Waals surface area contributed by atoms with Gasteiger partial charge in [-0.15, -0.1) is 0 Å². The van der Waals surface area contributed by atoms with Crippen molar-refractivity contribution in [2.24, 2.45) is 13.0 Å². The van der Waals surface area contributed by atoms with Crippen molar-refractivity contribution in [3.05, 3.63) is 48.0 Å². The van der Waals surface area contributed by atoms with E-state index in [1.165, 1.54) is 6.07 Å². The molecule has 4 aromatic rings. The Hall–Kier alpha value is -3.83. The van der Waals surface area contributed by atoms with Crippen LogP contribution in [-0.4, -0.2) is 82.5 Å². The van der Waals surface area contributed by atoms with E-state index in [2.05, 4.69) is 51.4 Å². The summed E-state index contributed by atoms with van der Waals surface area (Å²) in [6.45, 7) is 8.43. The van der Waals surface area contributed by atoms with Crippen LogP contribution in [0.4, 0.5) is 15.8 Å². The third-order valence-corrected chi connectivity index (χ3v) is 7.37. The predicted molar refractivity (Wildman–Crippen MR) is 149 cm³/mol. The molecule has 0 aliphatic carbocycles. The number of amides is 1. The van der Waals surface area contributed by atoms with Crippen LogP contribution in [0.25, 0.3) is 21.8 Å². The van der Waals surface area contributed by atoms with E-state index in [9.17, 15) is 9.18 Å². The van der Waals surface area contributed by atoms with Gasteiger partial charge in [-0.05, 0) is 45.2 Å². The van der Waals surface area contributed by atoms with Crippen LogP contribution in [0.15, 0.2) is 36.7 Å². The number of aromatic nitrogens is 4. The van der Waals surface area contributed by atoms with E-state index in [0.717, 1.165) is 37.3 Å². The predicted octanol–water partition coefficient (Wildman–Crippen LogP) is 3.03. The van der Waals surface area contributed by atoms with E-state index in [0.29, 0.717) is 46.8 Å². The summed E-state index contributed by atoms with van der Waals surface area (Å²) >= 11 is 0. The number of carbonyl (C=O) groups excluding carboxylic acids is 1. The maximum atomic E-state index is 14.7. The number of anilines is 2. The van der Waals surface area contributed by atoms with Gasteiger partial charge in [-0.2, -0.15) is 10.1 Å². The number of halogens is 1. The largest absolute Gasteiger partial charge is 0.463 e. The summed E-state index contributed by atoms with van der Waals surface area (Å²) in [6.07, 6.45) is 3.46. The first-order valence-electron chi connectivity index (χ1n) is 13.3. The fraction of sp³-hybridized carbons (Fsp3) is 0.429. The summed E-state index contributed by atoms with van der Waals surface area (Å²) in [5, 5.41) is 11.9. The monoisotopic (exact) mass is 532 g/mol. The lowest BCUT2D eigenvalue weighted by atomic mass is 10.0. The van der Waals surface area contributed by atoms with Crippen LogP contribution in [0.2, 0.25) is 0 Å². The van der Waals surface area contributed by atoms with Gasteiger partial charge < -0.3 is 25.2 Å². The minimum absolute atomic E-state index is 0.244. The molecule has 0 bridgehead atoms. The molecule has 2 aliphatic heterocycles. The summed E-state index contributed by atoms with van der Waals surface area (Å²) < 4.78 is 22.2. The minimum atomic E-state index is -0.495. The quantitative estimate of drug-likeness (QED) is 0.391. The molecule has 39 heavy (non-hydrogen) atoms. The first-order valence-corrected chi connectivity index (χ1v) is 13.3. The van der Waals surface area contributed by atoms with Crippen molar-refractivity contribution in [2.45, 2.75) is 25.9 Å². The van der Waals surface area contributed by atoms with Crippen LogP contribution >= 0.6 is 0 Å². The zero-order valence-electron chi connectivity index (χ0n) is 22.6. The summed E-state index contributed by atoms with van der Waals surface area (Å²) in [4.78, 5) is 27.3. The summed E-state index contributed by atoms with van der Waals surface area (Å²) in [5.74, 6) is -0.448. The molecule has 2 fully saturated rings. The Morgan fingerprint density at radius 3 is 2.64 bits per heavy atom. The number of fused-ring (bicyclic) bond motifs is 2. The Kier molecular flexibility index (Phi) is 6.56. The fourth-order valence-corrected chi connectivity index (χ4v) is 5.75. The SMILES string of the molecule is C[C@H]1CN(c2ccc(C(=O)Nc3cc(F)c4nn(C)cc4c3)c3nc(OCC4CN(C)C4)ncc23)C[C@H](C)N1. The third-order valence-electron chi connectivity index (χ3n) is 7.37. The Bertz CT molecular complexity index is 1540. The molecule has 0 unspecified atom stereocenters. The highest BCUT2D eigenvalue weighted by atomic mass is 19.1. The second-order valence-corrected chi connectivity index (χ2v) is 11.0. The van der Waals surface area contributed by atoms with Crippen LogP contribution in [0.5, 0.6) is 6.01 Å². The Morgan fingerprint density at radius 1 is 1.13 bits per heavy atom. The number of ether oxygens (including phenoxy) is 1. The molecule has 0 radical (unpaired) electrons. The number of likely N-dealkylation sites (tertiary alicyclic amines) is 1. The highest BCUT2D eigenvalue weighted by molar-refractivity contribution is 6.14. The lowest BCUT2D eigenvalue weighted by Gasteiger charge is -2.38. The van der Waals surface area contributed by atoms with Crippen LogP contribution < -0.4 is 20.3 Å². The van der Waals surface area contributed by atoms with Crippen molar-refractivity contribution < 1.29 is 13.9 Å². The smallest absolute Gasteiger partial charge is 0.316 e. The molecule has 11 heteroatoms. The molecule has 4 heterocycles. The molecule has 1 amide bonds. The molecular formula is C28H33FN8O2. The molecule has 204 valence electrons. The highest BCUT2D eigenvalue weighted by Crippen LogP contribution is 2.31. The zero-order valence-corrected chi connectivity index (χ0v) is 22.6. The third kappa shape index (κ3) is 5.11. The summed E-state index contributed by atoms with van der Waals surface area (Å²) in [7, 11) is 3.80. The normalized spacial score (nSPS) is 20.4. The van der Waals surface area contributed by atoms with Crippen molar-refractivity contribution in [1.82, 2.24) is 30.0 Å². The number of nitrogens with zero attached hydrogens (tertiary/aromatic N) is 6. The lowest BCUT2D eigenvalue weighted by molar-refractivity contribution is 0.0819. The number of hydrogen-bond acceptors (Lipinski definition) is 8. The van der Waals surface area contributed by atoms with Gasteiger partial charge >= 0.3 is 6.01 Å². The van der Waals surface area contributed by atoms with Gasteiger partial charge in [-0.3, -0.25) is 9.48 Å². The zero-order chi connectivity index (χ0) is 27.3. The van der Waals surface area contributed by atoms with Crippen molar-refractivity contribution in [2.75, 3.05) is 50.1 Å². The molecule has 2 atom stereocenters.